The van der Waals surface area contributed by atoms with Crippen LogP contribution in [0.1, 0.15) is 49.4 Å². The summed E-state index contributed by atoms with van der Waals surface area (Å²) in [6.07, 6.45) is 7.88. The number of pyridine rings is 1. The summed E-state index contributed by atoms with van der Waals surface area (Å²) in [5.41, 5.74) is 0.649. The minimum atomic E-state index is -0.0344. The van der Waals surface area contributed by atoms with Crippen LogP contribution in [0.25, 0.3) is 0 Å². The van der Waals surface area contributed by atoms with Crippen molar-refractivity contribution in [1.82, 2.24) is 15.2 Å². The van der Waals surface area contributed by atoms with Crippen molar-refractivity contribution in [2.45, 2.75) is 55.0 Å². The van der Waals surface area contributed by atoms with Gasteiger partial charge < -0.3 is 10.2 Å². The summed E-state index contributed by atoms with van der Waals surface area (Å²) in [7, 11) is 0. The minimum absolute atomic E-state index is 0.0344. The zero-order valence-electron chi connectivity index (χ0n) is 16.1. The van der Waals surface area contributed by atoms with Crippen LogP contribution in [0.3, 0.4) is 0 Å². The number of carbonyl (C=O) groups is 1. The normalized spacial score (nSPS) is 17.6. The minimum Gasteiger partial charge on any atom is -0.352 e. The lowest BCUT2D eigenvalue weighted by Gasteiger charge is -2.33. The van der Waals surface area contributed by atoms with Crippen molar-refractivity contribution in [1.29, 1.82) is 0 Å². The fourth-order valence-electron chi connectivity index (χ4n) is 3.47. The second-order valence-electron chi connectivity index (χ2n) is 7.12. The van der Waals surface area contributed by atoms with Crippen molar-refractivity contribution in [3.8, 4) is 0 Å². The van der Waals surface area contributed by atoms with E-state index in [1.54, 1.807) is 6.20 Å². The number of rotatable bonds is 8. The van der Waals surface area contributed by atoms with Gasteiger partial charge in [-0.3, -0.25) is 4.79 Å². The van der Waals surface area contributed by atoms with Crippen LogP contribution in [-0.4, -0.2) is 41.5 Å². The van der Waals surface area contributed by atoms with E-state index in [2.05, 4.69) is 22.1 Å². The molecule has 0 spiro atoms. The second-order valence-corrected chi connectivity index (χ2v) is 8.18. The van der Waals surface area contributed by atoms with Crippen LogP contribution in [-0.2, 0) is 0 Å². The van der Waals surface area contributed by atoms with Gasteiger partial charge >= 0.3 is 0 Å². The van der Waals surface area contributed by atoms with Gasteiger partial charge in [0.25, 0.3) is 5.91 Å². The topological polar surface area (TPSA) is 45.2 Å². The zero-order valence-corrected chi connectivity index (χ0v) is 16.9. The second kappa shape index (κ2) is 10.5. The molecule has 1 aromatic carbocycles. The van der Waals surface area contributed by atoms with E-state index in [4.69, 9.17) is 0 Å². The van der Waals surface area contributed by atoms with Crippen LogP contribution in [0.4, 0.5) is 0 Å². The number of nitrogens with one attached hydrogen (secondary N) is 1. The Labute approximate surface area is 166 Å². The summed E-state index contributed by atoms with van der Waals surface area (Å²) in [4.78, 5) is 20.7. The SMILES string of the molecule is CC1CCCCN1CCCCNC(=O)c1cccnc1Sc1ccccc1. The van der Waals surface area contributed by atoms with Gasteiger partial charge in [-0.15, -0.1) is 0 Å². The highest BCUT2D eigenvalue weighted by Gasteiger charge is 2.17. The molecule has 1 fully saturated rings. The van der Waals surface area contributed by atoms with Crippen molar-refractivity contribution in [2.24, 2.45) is 0 Å². The largest absolute Gasteiger partial charge is 0.352 e. The molecule has 2 aromatic rings. The average Bonchev–Trinajstić information content (AvgIpc) is 2.70. The van der Waals surface area contributed by atoms with E-state index < -0.39 is 0 Å². The van der Waals surface area contributed by atoms with Crippen LogP contribution in [0.2, 0.25) is 0 Å². The molecule has 1 aliphatic rings. The van der Waals surface area contributed by atoms with Crippen molar-refractivity contribution in [3.63, 3.8) is 0 Å². The van der Waals surface area contributed by atoms with Gasteiger partial charge in [-0.2, -0.15) is 0 Å². The Kier molecular flexibility index (Phi) is 7.72. The van der Waals surface area contributed by atoms with E-state index in [-0.39, 0.29) is 5.91 Å². The van der Waals surface area contributed by atoms with Gasteiger partial charge in [0, 0.05) is 23.7 Å². The zero-order chi connectivity index (χ0) is 18.9. The molecule has 1 unspecified atom stereocenters. The first kappa shape index (κ1) is 19.9. The molecule has 1 saturated heterocycles. The maximum Gasteiger partial charge on any atom is 0.254 e. The molecule has 0 aliphatic carbocycles. The number of piperidine rings is 1. The molecule has 1 aliphatic heterocycles. The van der Waals surface area contributed by atoms with E-state index in [1.165, 1.54) is 37.6 Å². The standard InChI is InChI=1S/C22H29N3OS/c1-18-10-5-7-16-25(18)17-8-6-14-23-21(26)20-13-9-15-24-22(20)27-19-11-3-2-4-12-19/h2-4,9,11-13,15,18H,5-8,10,14,16-17H2,1H3,(H,23,26). The van der Waals surface area contributed by atoms with Crippen molar-refractivity contribution < 1.29 is 4.79 Å². The van der Waals surface area contributed by atoms with Gasteiger partial charge in [0.15, 0.2) is 0 Å². The first-order valence-corrected chi connectivity index (χ1v) is 10.8. The molecule has 1 atom stereocenters. The predicted octanol–water partition coefficient (Wildman–Crippen LogP) is 4.62. The summed E-state index contributed by atoms with van der Waals surface area (Å²) < 4.78 is 0. The molecule has 1 aromatic heterocycles. The molecular formula is C22H29N3OS. The van der Waals surface area contributed by atoms with E-state index in [0.29, 0.717) is 18.2 Å². The number of hydrogen-bond donors (Lipinski definition) is 1. The Morgan fingerprint density at radius 2 is 2.04 bits per heavy atom. The van der Waals surface area contributed by atoms with Crippen LogP contribution < -0.4 is 5.32 Å². The number of carbonyl (C=O) groups excluding carboxylic acids is 1. The van der Waals surface area contributed by atoms with Crippen LogP contribution in [0.5, 0.6) is 0 Å². The lowest BCUT2D eigenvalue weighted by Crippen LogP contribution is -2.38. The molecule has 5 heteroatoms. The third-order valence-corrected chi connectivity index (χ3v) is 6.10. The summed E-state index contributed by atoms with van der Waals surface area (Å²) in [5.74, 6) is -0.0344. The first-order chi connectivity index (χ1) is 13.2. The van der Waals surface area contributed by atoms with E-state index in [9.17, 15) is 4.79 Å². The highest BCUT2D eigenvalue weighted by atomic mass is 32.2. The Hall–Kier alpha value is -1.85. The molecule has 0 saturated carbocycles. The Morgan fingerprint density at radius 1 is 1.19 bits per heavy atom. The number of unbranched alkanes of at least 4 members (excludes halogenated alkanes) is 1. The van der Waals surface area contributed by atoms with Crippen LogP contribution in [0, 0.1) is 0 Å². The highest BCUT2D eigenvalue weighted by Crippen LogP contribution is 2.28. The lowest BCUT2D eigenvalue weighted by molar-refractivity contribution is 0.0948. The molecule has 1 amide bonds. The first-order valence-electron chi connectivity index (χ1n) is 9.94. The monoisotopic (exact) mass is 383 g/mol. The fourth-order valence-corrected chi connectivity index (χ4v) is 4.37. The molecule has 4 nitrogen and oxygen atoms in total. The Balaban J connectivity index is 1.45. The molecule has 0 radical (unpaired) electrons. The van der Waals surface area contributed by atoms with Crippen LogP contribution in [0.15, 0.2) is 58.6 Å². The van der Waals surface area contributed by atoms with Crippen molar-refractivity contribution >= 4 is 17.7 Å². The van der Waals surface area contributed by atoms with Crippen molar-refractivity contribution in [2.75, 3.05) is 19.6 Å². The maximum absolute atomic E-state index is 12.6. The Bertz CT molecular complexity index is 723. The van der Waals surface area contributed by atoms with E-state index in [0.717, 1.165) is 29.3 Å². The molecule has 1 N–H and O–H groups in total. The highest BCUT2D eigenvalue weighted by molar-refractivity contribution is 7.99. The molecule has 144 valence electrons. The molecule has 27 heavy (non-hydrogen) atoms. The maximum atomic E-state index is 12.6. The van der Waals surface area contributed by atoms with Gasteiger partial charge in [-0.1, -0.05) is 36.4 Å². The average molecular weight is 384 g/mol. The summed E-state index contributed by atoms with van der Waals surface area (Å²) in [5, 5.41) is 3.82. The van der Waals surface area contributed by atoms with Gasteiger partial charge in [-0.25, -0.2) is 4.98 Å². The Morgan fingerprint density at radius 3 is 2.85 bits per heavy atom. The summed E-state index contributed by atoms with van der Waals surface area (Å²) in [6, 6.07) is 14.4. The quantitative estimate of drug-likeness (QED) is 0.676. The van der Waals surface area contributed by atoms with Gasteiger partial charge in [0.2, 0.25) is 0 Å². The van der Waals surface area contributed by atoms with Crippen LogP contribution >= 0.6 is 11.8 Å². The van der Waals surface area contributed by atoms with E-state index in [1.807, 2.05) is 42.5 Å². The molecule has 2 heterocycles. The summed E-state index contributed by atoms with van der Waals surface area (Å²) in [6.45, 7) is 5.41. The van der Waals surface area contributed by atoms with Crippen molar-refractivity contribution in [3.05, 3.63) is 54.2 Å². The third-order valence-electron chi connectivity index (χ3n) is 5.07. The number of aromatic nitrogens is 1. The van der Waals surface area contributed by atoms with Gasteiger partial charge in [0.1, 0.15) is 5.03 Å². The third kappa shape index (κ3) is 6.08. The smallest absolute Gasteiger partial charge is 0.254 e. The molecule has 3 rings (SSSR count). The lowest BCUT2D eigenvalue weighted by atomic mass is 10.0. The molecular weight excluding hydrogens is 354 g/mol. The fraction of sp³-hybridized carbons (Fsp3) is 0.455. The predicted molar refractivity (Wildman–Crippen MR) is 111 cm³/mol. The van der Waals surface area contributed by atoms with E-state index >= 15 is 0 Å². The number of hydrogen-bond acceptors (Lipinski definition) is 4. The molecule has 0 bridgehead atoms. The number of likely N-dealkylation sites (tertiary alicyclic amines) is 1. The van der Waals surface area contributed by atoms with Gasteiger partial charge in [-0.05, 0) is 70.0 Å². The number of benzene rings is 1. The number of nitrogens with zero attached hydrogens (tertiary/aromatic N) is 2. The number of amides is 1. The summed E-state index contributed by atoms with van der Waals surface area (Å²) >= 11 is 1.53. The van der Waals surface area contributed by atoms with Gasteiger partial charge in [0.05, 0.1) is 5.56 Å².